The molecule has 1 aliphatic rings. The molecular formula is C17H22N2O4. The second kappa shape index (κ2) is 7.26. The maximum Gasteiger partial charge on any atom is 0.305 e. The highest BCUT2D eigenvalue weighted by Crippen LogP contribution is 2.28. The molecule has 1 aromatic carbocycles. The molecule has 0 radical (unpaired) electrons. The summed E-state index contributed by atoms with van der Waals surface area (Å²) in [5.41, 5.74) is 1.03. The predicted octanol–water partition coefficient (Wildman–Crippen LogP) is 1.58. The number of benzene rings is 1. The first-order valence-electron chi connectivity index (χ1n) is 7.75. The van der Waals surface area contributed by atoms with Crippen LogP contribution in [0, 0.1) is 5.92 Å². The molecule has 1 heterocycles. The molecule has 0 bridgehead atoms. The summed E-state index contributed by atoms with van der Waals surface area (Å²) in [6, 6.07) is 9.14. The Hall–Kier alpha value is -2.37. The normalized spacial score (nSPS) is 20.2. The van der Waals surface area contributed by atoms with Crippen molar-refractivity contribution < 1.29 is 19.5 Å². The van der Waals surface area contributed by atoms with Gasteiger partial charge in [0.1, 0.15) is 0 Å². The Balaban J connectivity index is 1.96. The van der Waals surface area contributed by atoms with E-state index >= 15 is 0 Å². The highest BCUT2D eigenvalue weighted by molar-refractivity contribution is 5.89. The Labute approximate surface area is 135 Å². The van der Waals surface area contributed by atoms with Crippen molar-refractivity contribution in [3.63, 3.8) is 0 Å². The molecule has 3 atom stereocenters. The van der Waals surface area contributed by atoms with E-state index in [9.17, 15) is 14.4 Å². The molecule has 3 unspecified atom stereocenters. The Kier molecular flexibility index (Phi) is 5.36. The molecule has 124 valence electrons. The number of carboxylic acid groups (broad SMARTS) is 1. The fourth-order valence-electron chi connectivity index (χ4n) is 2.87. The van der Waals surface area contributed by atoms with Gasteiger partial charge in [-0.05, 0) is 19.4 Å². The van der Waals surface area contributed by atoms with Crippen LogP contribution >= 0.6 is 0 Å². The van der Waals surface area contributed by atoms with Crippen molar-refractivity contribution in [1.82, 2.24) is 10.2 Å². The van der Waals surface area contributed by atoms with Crippen molar-refractivity contribution in [2.75, 3.05) is 6.54 Å². The van der Waals surface area contributed by atoms with Crippen LogP contribution in [0.1, 0.15) is 38.3 Å². The minimum absolute atomic E-state index is 0.0487. The lowest BCUT2D eigenvalue weighted by molar-refractivity contribution is -0.137. The minimum Gasteiger partial charge on any atom is -0.481 e. The molecular weight excluding hydrogens is 296 g/mol. The number of carbonyl (C=O) groups excluding carboxylic acids is 2. The van der Waals surface area contributed by atoms with Gasteiger partial charge in [0.05, 0.1) is 18.4 Å². The van der Waals surface area contributed by atoms with Gasteiger partial charge in [-0.25, -0.2) is 0 Å². The summed E-state index contributed by atoms with van der Waals surface area (Å²) in [5, 5.41) is 11.4. The first-order chi connectivity index (χ1) is 10.9. The number of carboxylic acids is 1. The van der Waals surface area contributed by atoms with Gasteiger partial charge in [-0.3, -0.25) is 14.4 Å². The number of hydrogen-bond donors (Lipinski definition) is 2. The van der Waals surface area contributed by atoms with E-state index in [2.05, 4.69) is 5.32 Å². The molecule has 1 aliphatic heterocycles. The third-order valence-corrected chi connectivity index (χ3v) is 4.15. The molecule has 0 aliphatic carbocycles. The van der Waals surface area contributed by atoms with Gasteiger partial charge in [0.25, 0.3) is 0 Å². The smallest absolute Gasteiger partial charge is 0.305 e. The van der Waals surface area contributed by atoms with Gasteiger partial charge in [-0.1, -0.05) is 30.3 Å². The molecule has 0 aromatic heterocycles. The zero-order valence-corrected chi connectivity index (χ0v) is 13.4. The first kappa shape index (κ1) is 17.0. The molecule has 6 nitrogen and oxygen atoms in total. The van der Waals surface area contributed by atoms with E-state index in [1.807, 2.05) is 37.3 Å². The molecule has 1 saturated heterocycles. The second-order valence-corrected chi connectivity index (χ2v) is 6.04. The van der Waals surface area contributed by atoms with Crippen molar-refractivity contribution in [2.24, 2.45) is 5.92 Å². The number of aliphatic carboxylic acids is 1. The van der Waals surface area contributed by atoms with E-state index in [1.165, 1.54) is 0 Å². The number of nitrogens with one attached hydrogen (secondary N) is 1. The summed E-state index contributed by atoms with van der Waals surface area (Å²) in [6.45, 7) is 3.95. The Morgan fingerprint density at radius 2 is 1.96 bits per heavy atom. The van der Waals surface area contributed by atoms with Crippen LogP contribution in [0.25, 0.3) is 0 Å². The molecule has 6 heteroatoms. The zero-order valence-electron chi connectivity index (χ0n) is 13.4. The monoisotopic (exact) mass is 318 g/mol. The Bertz CT molecular complexity index is 588. The van der Waals surface area contributed by atoms with E-state index in [4.69, 9.17) is 5.11 Å². The van der Waals surface area contributed by atoms with E-state index in [0.29, 0.717) is 6.54 Å². The third-order valence-electron chi connectivity index (χ3n) is 4.15. The van der Waals surface area contributed by atoms with Crippen LogP contribution in [0.15, 0.2) is 30.3 Å². The van der Waals surface area contributed by atoms with Crippen LogP contribution in [0.3, 0.4) is 0 Å². The van der Waals surface area contributed by atoms with E-state index in [1.54, 1.807) is 11.8 Å². The average Bonchev–Trinajstić information content (AvgIpc) is 2.88. The van der Waals surface area contributed by atoms with Gasteiger partial charge in [-0.15, -0.1) is 0 Å². The molecule has 1 fully saturated rings. The Morgan fingerprint density at radius 1 is 1.30 bits per heavy atom. The van der Waals surface area contributed by atoms with Crippen molar-refractivity contribution in [2.45, 2.75) is 38.8 Å². The number of hydrogen-bond acceptors (Lipinski definition) is 3. The maximum absolute atomic E-state index is 12.2. The lowest BCUT2D eigenvalue weighted by Crippen LogP contribution is -2.39. The highest BCUT2D eigenvalue weighted by atomic mass is 16.4. The zero-order chi connectivity index (χ0) is 17.0. The Morgan fingerprint density at radius 3 is 2.57 bits per heavy atom. The van der Waals surface area contributed by atoms with Crippen LogP contribution in [0.4, 0.5) is 0 Å². The quantitative estimate of drug-likeness (QED) is 0.833. The van der Waals surface area contributed by atoms with E-state index in [0.717, 1.165) is 5.56 Å². The van der Waals surface area contributed by atoms with Gasteiger partial charge < -0.3 is 15.3 Å². The van der Waals surface area contributed by atoms with Crippen molar-refractivity contribution in [1.29, 1.82) is 0 Å². The molecule has 2 amide bonds. The molecule has 0 saturated carbocycles. The van der Waals surface area contributed by atoms with Crippen molar-refractivity contribution >= 4 is 17.8 Å². The summed E-state index contributed by atoms with van der Waals surface area (Å²) in [5.74, 6) is -1.69. The number of likely N-dealkylation sites (tertiary alicyclic amines) is 1. The number of rotatable bonds is 6. The standard InChI is InChI=1S/C17H22N2O4/c1-11(8-16(21)22)18-17(23)14-9-15(20)19(10-14)12(2)13-6-4-3-5-7-13/h3-7,11-12,14H,8-10H2,1-2H3,(H,18,23)(H,21,22). The van der Waals surface area contributed by atoms with Crippen LogP contribution in [-0.4, -0.2) is 40.4 Å². The van der Waals surface area contributed by atoms with Gasteiger partial charge in [0.15, 0.2) is 0 Å². The van der Waals surface area contributed by atoms with Crippen LogP contribution in [0.2, 0.25) is 0 Å². The minimum atomic E-state index is -0.959. The molecule has 2 rings (SSSR count). The number of nitrogens with zero attached hydrogens (tertiary/aromatic N) is 1. The number of amides is 2. The van der Waals surface area contributed by atoms with Crippen LogP contribution in [0.5, 0.6) is 0 Å². The van der Waals surface area contributed by atoms with Crippen molar-refractivity contribution in [3.05, 3.63) is 35.9 Å². The maximum atomic E-state index is 12.2. The fraction of sp³-hybridized carbons (Fsp3) is 0.471. The van der Waals surface area contributed by atoms with E-state index < -0.39 is 17.9 Å². The van der Waals surface area contributed by atoms with Crippen molar-refractivity contribution in [3.8, 4) is 0 Å². The molecule has 1 aromatic rings. The SMILES string of the molecule is CC(CC(=O)O)NC(=O)C1CC(=O)N(C(C)c2ccccc2)C1. The largest absolute Gasteiger partial charge is 0.481 e. The van der Waals surface area contributed by atoms with Gasteiger partial charge >= 0.3 is 5.97 Å². The summed E-state index contributed by atoms with van der Waals surface area (Å²) < 4.78 is 0. The van der Waals surface area contributed by atoms with Crippen LogP contribution < -0.4 is 5.32 Å². The predicted molar refractivity (Wildman–Crippen MR) is 84.5 cm³/mol. The molecule has 0 spiro atoms. The van der Waals surface area contributed by atoms with Gasteiger partial charge in [0, 0.05) is 19.0 Å². The summed E-state index contributed by atoms with van der Waals surface area (Å²) in [4.78, 5) is 36.8. The van der Waals surface area contributed by atoms with Crippen LogP contribution in [-0.2, 0) is 14.4 Å². The summed E-state index contributed by atoms with van der Waals surface area (Å²) >= 11 is 0. The highest BCUT2D eigenvalue weighted by Gasteiger charge is 2.37. The first-order valence-corrected chi connectivity index (χ1v) is 7.75. The second-order valence-electron chi connectivity index (χ2n) is 6.04. The molecule has 2 N–H and O–H groups in total. The molecule has 23 heavy (non-hydrogen) atoms. The van der Waals surface area contributed by atoms with Gasteiger partial charge in [-0.2, -0.15) is 0 Å². The summed E-state index contributed by atoms with van der Waals surface area (Å²) in [6.07, 6.45) is 0.0410. The topological polar surface area (TPSA) is 86.7 Å². The number of carbonyl (C=O) groups is 3. The lowest BCUT2D eigenvalue weighted by atomic mass is 10.1. The average molecular weight is 318 g/mol. The fourth-order valence-corrected chi connectivity index (χ4v) is 2.87. The lowest BCUT2D eigenvalue weighted by Gasteiger charge is -2.25. The summed E-state index contributed by atoms with van der Waals surface area (Å²) in [7, 11) is 0. The van der Waals surface area contributed by atoms with Gasteiger partial charge in [0.2, 0.25) is 11.8 Å². The third kappa shape index (κ3) is 4.31. The van der Waals surface area contributed by atoms with E-state index in [-0.39, 0.29) is 30.7 Å².